The third kappa shape index (κ3) is 4.46. The average molecular weight is 468 g/mol. The molecule has 0 aliphatic carbocycles. The van der Waals surface area contributed by atoms with Crippen LogP contribution in [0.15, 0.2) is 46.9 Å². The zero-order valence-electron chi connectivity index (χ0n) is 16.2. The molecule has 0 spiro atoms. The zero-order valence-corrected chi connectivity index (χ0v) is 18.6. The fourth-order valence-electron chi connectivity index (χ4n) is 3.44. The number of nitrogens with zero attached hydrogens (tertiary/aromatic N) is 4. The van der Waals surface area contributed by atoms with Crippen molar-refractivity contribution in [3.05, 3.63) is 47.1 Å². The number of fused-ring (bicyclic) bond motifs is 1. The molecule has 1 N–H and O–H groups in total. The molecule has 8 nitrogen and oxygen atoms in total. The van der Waals surface area contributed by atoms with Crippen LogP contribution in [0.25, 0.3) is 11.0 Å². The number of para-hydroxylation sites is 2. The van der Waals surface area contributed by atoms with Crippen LogP contribution in [0, 0.1) is 0 Å². The molecule has 1 aromatic carbocycles. The van der Waals surface area contributed by atoms with Crippen LogP contribution in [0.4, 0.5) is 4.79 Å². The summed E-state index contributed by atoms with van der Waals surface area (Å²) in [6, 6.07) is 10.9. The van der Waals surface area contributed by atoms with Crippen molar-refractivity contribution in [2.24, 2.45) is 0 Å². The summed E-state index contributed by atoms with van der Waals surface area (Å²) in [5.41, 5.74) is 2.03. The number of nitrogens with one attached hydrogen (secondary N) is 1. The number of halogens is 1. The van der Waals surface area contributed by atoms with Crippen LogP contribution in [-0.4, -0.2) is 65.9 Å². The monoisotopic (exact) mass is 467 g/mol. The highest BCUT2D eigenvalue weighted by Gasteiger charge is 2.31. The Morgan fingerprint density at radius 3 is 2.63 bits per heavy atom. The Kier molecular flexibility index (Phi) is 6.28. The third-order valence-electron chi connectivity index (χ3n) is 5.05. The molecule has 0 bridgehead atoms. The number of imidazole rings is 1. The summed E-state index contributed by atoms with van der Waals surface area (Å²) in [6.45, 7) is 2.55. The summed E-state index contributed by atoms with van der Waals surface area (Å²) < 4.78 is 29.4. The molecule has 4 rings (SSSR count). The molecular formula is C19H22ClN5O3S2. The summed E-state index contributed by atoms with van der Waals surface area (Å²) in [5, 5.41) is 2.92. The predicted octanol–water partition coefficient (Wildman–Crippen LogP) is 2.86. The van der Waals surface area contributed by atoms with Crippen LogP contribution in [-0.2, 0) is 16.6 Å². The maximum absolute atomic E-state index is 12.6. The Labute approximate surface area is 184 Å². The van der Waals surface area contributed by atoms with Gasteiger partial charge in [-0.15, -0.1) is 11.3 Å². The Balaban J connectivity index is 1.23. The van der Waals surface area contributed by atoms with Gasteiger partial charge in [0.2, 0.25) is 0 Å². The van der Waals surface area contributed by atoms with Gasteiger partial charge in [0.1, 0.15) is 4.21 Å². The largest absolute Gasteiger partial charge is 0.338 e. The number of piperazine rings is 1. The van der Waals surface area contributed by atoms with Crippen molar-refractivity contribution in [3.63, 3.8) is 0 Å². The van der Waals surface area contributed by atoms with Gasteiger partial charge in [-0.2, -0.15) is 4.31 Å². The van der Waals surface area contributed by atoms with E-state index in [2.05, 4.69) is 14.9 Å². The van der Waals surface area contributed by atoms with Gasteiger partial charge in [0.05, 0.1) is 21.7 Å². The van der Waals surface area contributed by atoms with Crippen LogP contribution < -0.4 is 5.32 Å². The highest BCUT2D eigenvalue weighted by molar-refractivity contribution is 7.91. The van der Waals surface area contributed by atoms with Crippen molar-refractivity contribution < 1.29 is 13.2 Å². The normalized spacial score (nSPS) is 15.6. The Morgan fingerprint density at radius 2 is 1.90 bits per heavy atom. The van der Waals surface area contributed by atoms with Gasteiger partial charge in [0.25, 0.3) is 10.0 Å². The number of hydrogen-bond acceptors (Lipinski definition) is 5. The van der Waals surface area contributed by atoms with Crippen molar-refractivity contribution in [2.45, 2.75) is 17.2 Å². The first-order valence-corrected chi connectivity index (χ1v) is 12.3. The SMILES string of the molecule is O=C(NCCCn1cnc2ccccc21)N1CCN(S(=O)(=O)c2ccc(Cl)s2)CC1. The molecule has 160 valence electrons. The van der Waals surface area contributed by atoms with Crippen LogP contribution in [0.3, 0.4) is 0 Å². The molecule has 0 saturated carbocycles. The molecule has 1 aliphatic rings. The number of carbonyl (C=O) groups excluding carboxylic acids is 1. The number of amides is 2. The second-order valence-corrected chi connectivity index (χ2v) is 10.8. The van der Waals surface area contributed by atoms with E-state index in [4.69, 9.17) is 11.6 Å². The second kappa shape index (κ2) is 8.93. The van der Waals surface area contributed by atoms with E-state index >= 15 is 0 Å². The lowest BCUT2D eigenvalue weighted by atomic mass is 10.3. The summed E-state index contributed by atoms with van der Waals surface area (Å²) in [6.07, 6.45) is 2.59. The Bertz CT molecular complexity index is 1140. The average Bonchev–Trinajstić information content (AvgIpc) is 3.38. The van der Waals surface area contributed by atoms with Crippen LogP contribution >= 0.6 is 22.9 Å². The highest BCUT2D eigenvalue weighted by atomic mass is 35.5. The number of aromatic nitrogens is 2. The molecule has 2 aromatic heterocycles. The summed E-state index contributed by atoms with van der Waals surface area (Å²) in [4.78, 5) is 18.4. The van der Waals surface area contributed by atoms with Gasteiger partial charge in [-0.05, 0) is 30.7 Å². The van der Waals surface area contributed by atoms with Gasteiger partial charge in [0, 0.05) is 39.3 Å². The fourth-order valence-corrected chi connectivity index (χ4v) is 6.50. The number of carbonyl (C=O) groups is 1. The van der Waals surface area contributed by atoms with E-state index in [1.54, 1.807) is 11.0 Å². The van der Waals surface area contributed by atoms with Crippen LogP contribution in [0.5, 0.6) is 0 Å². The maximum atomic E-state index is 12.6. The van der Waals surface area contributed by atoms with Crippen molar-refractivity contribution in [1.29, 1.82) is 0 Å². The third-order valence-corrected chi connectivity index (χ3v) is 8.65. The molecule has 3 heterocycles. The first-order valence-electron chi connectivity index (χ1n) is 9.63. The van der Waals surface area contributed by atoms with Crippen LogP contribution in [0.2, 0.25) is 4.34 Å². The Hall–Kier alpha value is -2.14. The molecule has 2 amide bonds. The first kappa shape index (κ1) is 21.1. The molecule has 0 radical (unpaired) electrons. The smallest absolute Gasteiger partial charge is 0.317 e. The van der Waals surface area contributed by atoms with Crippen molar-refractivity contribution in [3.8, 4) is 0 Å². The van der Waals surface area contributed by atoms with Gasteiger partial charge < -0.3 is 14.8 Å². The number of benzene rings is 1. The first-order chi connectivity index (χ1) is 14.4. The number of aryl methyl sites for hydroxylation is 1. The number of urea groups is 1. The number of rotatable bonds is 6. The molecule has 1 saturated heterocycles. The van der Waals surface area contributed by atoms with E-state index in [1.165, 1.54) is 10.4 Å². The van der Waals surface area contributed by atoms with E-state index in [9.17, 15) is 13.2 Å². The molecule has 0 atom stereocenters. The summed E-state index contributed by atoms with van der Waals surface area (Å²) in [5.74, 6) is 0. The predicted molar refractivity (Wildman–Crippen MR) is 117 cm³/mol. The highest BCUT2D eigenvalue weighted by Crippen LogP contribution is 2.28. The van der Waals surface area contributed by atoms with Gasteiger partial charge in [0.15, 0.2) is 0 Å². The number of hydrogen-bond donors (Lipinski definition) is 1. The van der Waals surface area contributed by atoms with Crippen LogP contribution in [0.1, 0.15) is 6.42 Å². The van der Waals surface area contributed by atoms with E-state index in [0.717, 1.165) is 35.3 Å². The van der Waals surface area contributed by atoms with E-state index in [0.29, 0.717) is 24.0 Å². The maximum Gasteiger partial charge on any atom is 0.317 e. The van der Waals surface area contributed by atoms with Gasteiger partial charge in [-0.3, -0.25) is 0 Å². The summed E-state index contributed by atoms with van der Waals surface area (Å²) >= 11 is 6.91. The lowest BCUT2D eigenvalue weighted by Crippen LogP contribution is -2.53. The number of sulfonamides is 1. The molecule has 1 aliphatic heterocycles. The lowest BCUT2D eigenvalue weighted by Gasteiger charge is -2.33. The van der Waals surface area contributed by atoms with Crippen molar-refractivity contribution in [1.82, 2.24) is 24.1 Å². The topological polar surface area (TPSA) is 87.5 Å². The minimum absolute atomic E-state index is 0.165. The van der Waals surface area contributed by atoms with E-state index in [1.807, 2.05) is 30.6 Å². The van der Waals surface area contributed by atoms with Crippen molar-refractivity contribution in [2.75, 3.05) is 32.7 Å². The molecular weight excluding hydrogens is 446 g/mol. The quantitative estimate of drug-likeness (QED) is 0.564. The molecule has 30 heavy (non-hydrogen) atoms. The fraction of sp³-hybridized carbons (Fsp3) is 0.368. The molecule has 3 aromatic rings. The second-order valence-electron chi connectivity index (χ2n) is 6.96. The minimum Gasteiger partial charge on any atom is -0.338 e. The number of thiophene rings is 1. The van der Waals surface area contributed by atoms with Gasteiger partial charge in [-0.1, -0.05) is 23.7 Å². The Morgan fingerprint density at radius 1 is 1.13 bits per heavy atom. The minimum atomic E-state index is -3.55. The van der Waals surface area contributed by atoms with E-state index in [-0.39, 0.29) is 23.3 Å². The lowest BCUT2D eigenvalue weighted by molar-refractivity contribution is 0.172. The zero-order chi connectivity index (χ0) is 21.1. The molecule has 11 heteroatoms. The summed E-state index contributed by atoms with van der Waals surface area (Å²) in [7, 11) is -3.55. The standard InChI is InChI=1S/C19H22ClN5O3S2/c20-17-6-7-18(29-17)30(27,28)25-12-10-23(11-13-25)19(26)21-8-3-9-24-14-22-15-4-1-2-5-16(15)24/h1-2,4-7,14H,3,8-13H2,(H,21,26). The molecule has 0 unspecified atom stereocenters. The van der Waals surface area contributed by atoms with Crippen molar-refractivity contribution >= 4 is 50.0 Å². The molecule has 1 fully saturated rings. The van der Waals surface area contributed by atoms with Gasteiger partial charge >= 0.3 is 6.03 Å². The van der Waals surface area contributed by atoms with E-state index < -0.39 is 10.0 Å². The van der Waals surface area contributed by atoms with Gasteiger partial charge in [-0.25, -0.2) is 18.2 Å².